The van der Waals surface area contributed by atoms with Gasteiger partial charge >= 0.3 is 0 Å². The molecule has 0 aliphatic rings. The van der Waals surface area contributed by atoms with Crippen LogP contribution in [0, 0.1) is 13.8 Å². The Morgan fingerprint density at radius 2 is 1.78 bits per heavy atom. The fraction of sp³-hybridized carbons (Fsp3) is 0.105. The van der Waals surface area contributed by atoms with Crippen LogP contribution in [-0.2, 0) is 0 Å². The zero-order valence-corrected chi connectivity index (χ0v) is 13.1. The Kier molecular flexibility index (Phi) is 3.15. The van der Waals surface area contributed by atoms with Crippen LogP contribution >= 0.6 is 0 Å². The fourth-order valence-electron chi connectivity index (χ4n) is 2.73. The highest BCUT2D eigenvalue weighted by molar-refractivity contribution is 5.77. The van der Waals surface area contributed by atoms with Crippen LogP contribution in [0.15, 0.2) is 65.3 Å². The molecular formula is C19H17N3O. The monoisotopic (exact) mass is 303 g/mol. The quantitative estimate of drug-likeness (QED) is 0.582. The number of nitrogens with zero attached hydrogens (tertiary/aromatic N) is 2. The molecule has 114 valence electrons. The Balaban J connectivity index is 1.91. The lowest BCUT2D eigenvalue weighted by Gasteiger charge is -2.10. The first-order valence-corrected chi connectivity index (χ1v) is 7.58. The van der Waals surface area contributed by atoms with Gasteiger partial charge in [-0.2, -0.15) is 0 Å². The molecule has 0 atom stereocenters. The molecule has 0 amide bonds. The van der Waals surface area contributed by atoms with Crippen molar-refractivity contribution in [3.05, 3.63) is 72.1 Å². The molecule has 3 aromatic heterocycles. The van der Waals surface area contributed by atoms with E-state index in [1.54, 1.807) is 6.26 Å². The Morgan fingerprint density at radius 3 is 2.52 bits per heavy atom. The molecule has 0 radical (unpaired) electrons. The number of hydrogen-bond donors (Lipinski definition) is 1. The second kappa shape index (κ2) is 5.32. The van der Waals surface area contributed by atoms with E-state index in [1.165, 1.54) is 5.56 Å². The Bertz CT molecular complexity index is 950. The second-order valence-corrected chi connectivity index (χ2v) is 5.64. The van der Waals surface area contributed by atoms with Gasteiger partial charge in [0.2, 0.25) is 0 Å². The smallest absolute Gasteiger partial charge is 0.156 e. The van der Waals surface area contributed by atoms with Gasteiger partial charge in [-0.3, -0.25) is 4.40 Å². The first-order valence-electron chi connectivity index (χ1n) is 7.58. The molecule has 4 nitrogen and oxygen atoms in total. The van der Waals surface area contributed by atoms with E-state index in [4.69, 9.17) is 9.40 Å². The van der Waals surface area contributed by atoms with Crippen LogP contribution in [0.3, 0.4) is 0 Å². The summed E-state index contributed by atoms with van der Waals surface area (Å²) in [6.45, 7) is 4.15. The molecule has 4 rings (SSSR count). The van der Waals surface area contributed by atoms with E-state index >= 15 is 0 Å². The summed E-state index contributed by atoms with van der Waals surface area (Å²) >= 11 is 0. The van der Waals surface area contributed by atoms with Gasteiger partial charge in [0.15, 0.2) is 5.76 Å². The maximum atomic E-state index is 5.57. The molecule has 4 aromatic rings. The molecule has 0 unspecified atom stereocenters. The minimum Gasteiger partial charge on any atom is -0.463 e. The SMILES string of the molecule is Cc1ccc(Nc2c(-c3ccco3)nc3cccc(C)n23)cc1. The van der Waals surface area contributed by atoms with E-state index in [-0.39, 0.29) is 0 Å². The minimum atomic E-state index is 0.753. The third-order valence-electron chi connectivity index (χ3n) is 3.91. The molecule has 0 saturated heterocycles. The van der Waals surface area contributed by atoms with Crippen LogP contribution in [0.1, 0.15) is 11.3 Å². The predicted molar refractivity (Wildman–Crippen MR) is 92.1 cm³/mol. The van der Waals surface area contributed by atoms with Crippen molar-refractivity contribution < 1.29 is 4.42 Å². The normalized spacial score (nSPS) is 11.0. The van der Waals surface area contributed by atoms with E-state index in [0.29, 0.717) is 0 Å². The maximum absolute atomic E-state index is 5.57. The third-order valence-corrected chi connectivity index (χ3v) is 3.91. The maximum Gasteiger partial charge on any atom is 0.156 e. The molecule has 3 heterocycles. The molecule has 0 bridgehead atoms. The van der Waals surface area contributed by atoms with E-state index in [9.17, 15) is 0 Å². The van der Waals surface area contributed by atoms with E-state index < -0.39 is 0 Å². The number of fused-ring (bicyclic) bond motifs is 1. The number of imidazole rings is 1. The van der Waals surface area contributed by atoms with Crippen molar-refractivity contribution in [1.29, 1.82) is 0 Å². The Hall–Kier alpha value is -3.01. The van der Waals surface area contributed by atoms with Gasteiger partial charge in [-0.15, -0.1) is 0 Å². The average molecular weight is 303 g/mol. The molecule has 4 heteroatoms. The van der Waals surface area contributed by atoms with Crippen LogP contribution in [0.4, 0.5) is 11.5 Å². The van der Waals surface area contributed by atoms with Crippen molar-refractivity contribution in [2.24, 2.45) is 0 Å². The number of benzene rings is 1. The lowest BCUT2D eigenvalue weighted by Crippen LogP contribution is -1.99. The topological polar surface area (TPSA) is 42.5 Å². The summed E-state index contributed by atoms with van der Waals surface area (Å²) < 4.78 is 7.68. The largest absolute Gasteiger partial charge is 0.463 e. The van der Waals surface area contributed by atoms with Crippen LogP contribution < -0.4 is 5.32 Å². The van der Waals surface area contributed by atoms with E-state index in [2.05, 4.69) is 53.9 Å². The highest BCUT2D eigenvalue weighted by Gasteiger charge is 2.17. The Morgan fingerprint density at radius 1 is 0.957 bits per heavy atom. The first-order chi connectivity index (χ1) is 11.2. The van der Waals surface area contributed by atoms with Crippen LogP contribution in [0.5, 0.6) is 0 Å². The summed E-state index contributed by atoms with van der Waals surface area (Å²) in [5, 5.41) is 3.49. The van der Waals surface area contributed by atoms with Crippen molar-refractivity contribution in [2.75, 3.05) is 5.32 Å². The van der Waals surface area contributed by atoms with Crippen LogP contribution in [0.2, 0.25) is 0 Å². The molecule has 23 heavy (non-hydrogen) atoms. The average Bonchev–Trinajstić information content (AvgIpc) is 3.18. The van der Waals surface area contributed by atoms with Crippen molar-refractivity contribution in [1.82, 2.24) is 9.38 Å². The second-order valence-electron chi connectivity index (χ2n) is 5.64. The van der Waals surface area contributed by atoms with Gasteiger partial charge in [-0.05, 0) is 50.2 Å². The number of rotatable bonds is 3. The van der Waals surface area contributed by atoms with Gasteiger partial charge in [0, 0.05) is 11.4 Å². The van der Waals surface area contributed by atoms with Crippen molar-refractivity contribution in [2.45, 2.75) is 13.8 Å². The predicted octanol–water partition coefficient (Wildman–Crippen LogP) is 4.95. The van der Waals surface area contributed by atoms with E-state index in [0.717, 1.165) is 34.3 Å². The van der Waals surface area contributed by atoms with Crippen LogP contribution in [0.25, 0.3) is 17.1 Å². The number of anilines is 2. The summed E-state index contributed by atoms with van der Waals surface area (Å²) in [4.78, 5) is 4.74. The Labute approximate surface area is 134 Å². The third kappa shape index (κ3) is 2.38. The van der Waals surface area contributed by atoms with E-state index in [1.807, 2.05) is 24.3 Å². The molecule has 0 saturated carbocycles. The van der Waals surface area contributed by atoms with Gasteiger partial charge in [0.25, 0.3) is 0 Å². The fourth-order valence-corrected chi connectivity index (χ4v) is 2.73. The number of nitrogens with one attached hydrogen (secondary N) is 1. The number of pyridine rings is 1. The highest BCUT2D eigenvalue weighted by Crippen LogP contribution is 2.32. The zero-order valence-electron chi connectivity index (χ0n) is 13.1. The van der Waals surface area contributed by atoms with Gasteiger partial charge in [-0.25, -0.2) is 4.98 Å². The number of aryl methyl sites for hydroxylation is 2. The van der Waals surface area contributed by atoms with Gasteiger partial charge < -0.3 is 9.73 Å². The summed E-state index contributed by atoms with van der Waals surface area (Å²) in [6.07, 6.45) is 1.67. The first kappa shape index (κ1) is 13.6. The summed E-state index contributed by atoms with van der Waals surface area (Å²) in [5.74, 6) is 1.67. The standard InChI is InChI=1S/C19H17N3O/c1-13-8-10-15(11-9-13)20-19-18(16-6-4-12-23-16)21-17-7-3-5-14(2)22(17)19/h3-12,20H,1-2H3. The van der Waals surface area contributed by atoms with Gasteiger partial charge in [0.05, 0.1) is 6.26 Å². The summed E-state index contributed by atoms with van der Waals surface area (Å²) in [6, 6.07) is 18.2. The van der Waals surface area contributed by atoms with Gasteiger partial charge in [0.1, 0.15) is 17.2 Å². The molecule has 0 aliphatic heterocycles. The number of furan rings is 1. The highest BCUT2D eigenvalue weighted by atomic mass is 16.3. The summed E-state index contributed by atoms with van der Waals surface area (Å²) in [7, 11) is 0. The summed E-state index contributed by atoms with van der Waals surface area (Å²) in [5.41, 5.74) is 5.07. The van der Waals surface area contributed by atoms with Crippen molar-refractivity contribution in [3.63, 3.8) is 0 Å². The molecular weight excluding hydrogens is 286 g/mol. The molecule has 1 N–H and O–H groups in total. The van der Waals surface area contributed by atoms with Crippen molar-refractivity contribution >= 4 is 17.2 Å². The van der Waals surface area contributed by atoms with Crippen molar-refractivity contribution in [3.8, 4) is 11.5 Å². The molecule has 0 aliphatic carbocycles. The number of hydrogen-bond acceptors (Lipinski definition) is 3. The molecule has 0 fully saturated rings. The lowest BCUT2D eigenvalue weighted by molar-refractivity contribution is 0.581. The zero-order chi connectivity index (χ0) is 15.8. The molecule has 0 spiro atoms. The van der Waals surface area contributed by atoms with Crippen LogP contribution in [-0.4, -0.2) is 9.38 Å². The molecule has 1 aromatic carbocycles. The minimum absolute atomic E-state index is 0.753. The number of aromatic nitrogens is 2. The van der Waals surface area contributed by atoms with Gasteiger partial charge in [-0.1, -0.05) is 23.8 Å². The lowest BCUT2D eigenvalue weighted by atomic mass is 10.2.